The second-order valence-electron chi connectivity index (χ2n) is 6.86. The molecule has 3 rings (SSSR count). The molecule has 3 N–H and O–H groups in total. The molecule has 1 aliphatic rings. The number of anilines is 2. The van der Waals surface area contributed by atoms with Crippen LogP contribution in [-0.4, -0.2) is 34.7 Å². The molecule has 6 nitrogen and oxygen atoms in total. The molecule has 2 aromatic rings. The molecule has 158 valence electrons. The molecule has 29 heavy (non-hydrogen) atoms. The fourth-order valence-corrected chi connectivity index (χ4v) is 4.15. The number of nitrogens with two attached hydrogens (primary N) is 1. The highest BCUT2D eigenvalue weighted by Crippen LogP contribution is 2.37. The number of sulfonamides is 1. The Morgan fingerprint density at radius 3 is 2.41 bits per heavy atom. The van der Waals surface area contributed by atoms with Gasteiger partial charge in [-0.25, -0.2) is 13.6 Å². The van der Waals surface area contributed by atoms with Crippen LogP contribution in [0, 0.1) is 0 Å². The van der Waals surface area contributed by atoms with Gasteiger partial charge in [-0.2, -0.15) is 13.2 Å². The number of hydrogen-bond donors (Lipinski definition) is 2. The van der Waals surface area contributed by atoms with E-state index >= 15 is 0 Å². The minimum absolute atomic E-state index is 0.170. The van der Waals surface area contributed by atoms with E-state index in [9.17, 15) is 21.6 Å². The van der Waals surface area contributed by atoms with Crippen LogP contribution in [0.25, 0.3) is 0 Å². The van der Waals surface area contributed by atoms with Crippen LogP contribution >= 0.6 is 0 Å². The van der Waals surface area contributed by atoms with Gasteiger partial charge in [-0.05, 0) is 43.2 Å². The molecular weight excluding hydrogens is 407 g/mol. The van der Waals surface area contributed by atoms with Crippen molar-refractivity contribution in [3.05, 3.63) is 48.0 Å². The van der Waals surface area contributed by atoms with Crippen LogP contribution in [0.3, 0.4) is 0 Å². The highest BCUT2D eigenvalue weighted by molar-refractivity contribution is 7.89. The lowest BCUT2D eigenvalue weighted by Crippen LogP contribution is -2.39. The maximum atomic E-state index is 13.3. The number of ether oxygens (including phenoxy) is 1. The quantitative estimate of drug-likeness (QED) is 0.761. The summed E-state index contributed by atoms with van der Waals surface area (Å²) in [5, 5.41) is 8.35. The predicted octanol–water partition coefficient (Wildman–Crippen LogP) is 3.44. The summed E-state index contributed by atoms with van der Waals surface area (Å²) in [4.78, 5) is 0.898. The molecule has 0 atom stereocenters. The van der Waals surface area contributed by atoms with Gasteiger partial charge in [-0.3, -0.25) is 0 Å². The fourth-order valence-electron chi connectivity index (χ4n) is 3.41. The Morgan fingerprint density at radius 2 is 1.83 bits per heavy atom. The number of piperidine rings is 1. The molecular formula is C19H22F3N3O3S. The van der Waals surface area contributed by atoms with E-state index < -0.39 is 26.7 Å². The minimum atomic E-state index is -4.82. The molecule has 0 unspecified atom stereocenters. The van der Waals surface area contributed by atoms with E-state index in [1.165, 1.54) is 6.07 Å². The minimum Gasteiger partial charge on any atom is -0.497 e. The number of alkyl halides is 3. The molecule has 1 saturated heterocycles. The van der Waals surface area contributed by atoms with Crippen molar-refractivity contribution in [2.45, 2.75) is 30.0 Å². The Kier molecular flexibility index (Phi) is 5.95. The highest BCUT2D eigenvalue weighted by Gasteiger charge is 2.37. The smallest absolute Gasteiger partial charge is 0.417 e. The molecule has 1 fully saturated rings. The summed E-state index contributed by atoms with van der Waals surface area (Å²) in [6.07, 6.45) is -3.38. The van der Waals surface area contributed by atoms with E-state index in [4.69, 9.17) is 9.88 Å². The van der Waals surface area contributed by atoms with E-state index in [0.717, 1.165) is 36.4 Å². The van der Waals surface area contributed by atoms with Crippen molar-refractivity contribution in [3.63, 3.8) is 0 Å². The summed E-state index contributed by atoms with van der Waals surface area (Å²) < 4.78 is 68.2. The summed E-state index contributed by atoms with van der Waals surface area (Å²) in [5.41, 5.74) is -0.00153. The standard InChI is InChI=1S/C19H22F3N3O3S/c1-28-16-4-2-3-14(11-16)24-13-7-9-25(10-8-13)15-5-6-18(29(23,26)27)17(12-15)19(20,21)22/h2-6,11-13,24H,7-10H2,1H3,(H2,23,26,27). The van der Waals surface area contributed by atoms with Crippen molar-refractivity contribution in [3.8, 4) is 5.75 Å². The van der Waals surface area contributed by atoms with Crippen LogP contribution in [0.5, 0.6) is 5.75 Å². The van der Waals surface area contributed by atoms with E-state index in [1.807, 2.05) is 29.2 Å². The second-order valence-corrected chi connectivity index (χ2v) is 8.39. The number of rotatable bonds is 5. The average molecular weight is 429 g/mol. The first-order valence-electron chi connectivity index (χ1n) is 8.97. The molecule has 0 aliphatic carbocycles. The first-order valence-corrected chi connectivity index (χ1v) is 10.5. The van der Waals surface area contributed by atoms with Crippen molar-refractivity contribution in [2.24, 2.45) is 5.14 Å². The lowest BCUT2D eigenvalue weighted by Gasteiger charge is -2.35. The Hall–Kier alpha value is -2.46. The second kappa shape index (κ2) is 8.11. The Balaban J connectivity index is 1.72. The fraction of sp³-hybridized carbons (Fsp3) is 0.368. The normalized spacial score (nSPS) is 16.0. The maximum Gasteiger partial charge on any atom is 0.417 e. The van der Waals surface area contributed by atoms with Crippen LogP contribution < -0.4 is 20.1 Å². The largest absolute Gasteiger partial charge is 0.497 e. The molecule has 0 bridgehead atoms. The zero-order valence-corrected chi connectivity index (χ0v) is 16.6. The van der Waals surface area contributed by atoms with Gasteiger partial charge in [0.2, 0.25) is 10.0 Å². The van der Waals surface area contributed by atoms with Gasteiger partial charge in [0.1, 0.15) is 5.75 Å². The van der Waals surface area contributed by atoms with Gasteiger partial charge in [-0.15, -0.1) is 0 Å². The maximum absolute atomic E-state index is 13.3. The van der Waals surface area contributed by atoms with E-state index in [1.54, 1.807) is 7.11 Å². The van der Waals surface area contributed by atoms with Crippen molar-refractivity contribution in [2.75, 3.05) is 30.4 Å². The third-order valence-corrected chi connectivity index (χ3v) is 5.84. The van der Waals surface area contributed by atoms with Gasteiger partial charge in [0, 0.05) is 36.6 Å². The molecule has 0 amide bonds. The van der Waals surface area contributed by atoms with Crippen LogP contribution in [0.2, 0.25) is 0 Å². The third-order valence-electron chi connectivity index (χ3n) is 4.88. The van der Waals surface area contributed by atoms with Crippen molar-refractivity contribution in [1.82, 2.24) is 0 Å². The van der Waals surface area contributed by atoms with Crippen LogP contribution in [0.1, 0.15) is 18.4 Å². The van der Waals surface area contributed by atoms with Gasteiger partial charge in [0.05, 0.1) is 17.6 Å². The Bertz CT molecular complexity index is 972. The zero-order chi connectivity index (χ0) is 21.2. The first kappa shape index (κ1) is 21.3. The van der Waals surface area contributed by atoms with Gasteiger partial charge < -0.3 is 15.0 Å². The number of methoxy groups -OCH3 is 1. The summed E-state index contributed by atoms with van der Waals surface area (Å²) in [7, 11) is -2.88. The van der Waals surface area contributed by atoms with Crippen molar-refractivity contribution < 1.29 is 26.3 Å². The van der Waals surface area contributed by atoms with E-state index in [0.29, 0.717) is 18.8 Å². The third kappa shape index (κ3) is 5.13. The SMILES string of the molecule is COc1cccc(NC2CCN(c3ccc(S(N)(=O)=O)c(C(F)(F)F)c3)CC2)c1. The van der Waals surface area contributed by atoms with Gasteiger partial charge in [0.15, 0.2) is 0 Å². The van der Waals surface area contributed by atoms with E-state index in [-0.39, 0.29) is 6.04 Å². The summed E-state index contributed by atoms with van der Waals surface area (Å²) >= 11 is 0. The Morgan fingerprint density at radius 1 is 1.14 bits per heavy atom. The van der Waals surface area contributed by atoms with Crippen LogP contribution in [0.15, 0.2) is 47.4 Å². The zero-order valence-electron chi connectivity index (χ0n) is 15.7. The molecule has 1 heterocycles. The molecule has 0 saturated carbocycles. The molecule has 2 aromatic carbocycles. The summed E-state index contributed by atoms with van der Waals surface area (Å²) in [5.74, 6) is 0.738. The van der Waals surface area contributed by atoms with Gasteiger partial charge in [0.25, 0.3) is 0 Å². The molecule has 10 heteroatoms. The number of hydrogen-bond acceptors (Lipinski definition) is 5. The van der Waals surface area contributed by atoms with Crippen LogP contribution in [-0.2, 0) is 16.2 Å². The van der Waals surface area contributed by atoms with Crippen molar-refractivity contribution >= 4 is 21.4 Å². The predicted molar refractivity (Wildman–Crippen MR) is 105 cm³/mol. The summed E-state index contributed by atoms with van der Waals surface area (Å²) in [6, 6.07) is 10.8. The van der Waals surface area contributed by atoms with Crippen molar-refractivity contribution in [1.29, 1.82) is 0 Å². The lowest BCUT2D eigenvalue weighted by atomic mass is 10.0. The number of halogens is 3. The van der Waals surface area contributed by atoms with Gasteiger partial charge >= 0.3 is 6.18 Å². The number of nitrogens with one attached hydrogen (secondary N) is 1. The average Bonchev–Trinajstić information content (AvgIpc) is 2.67. The van der Waals surface area contributed by atoms with E-state index in [2.05, 4.69) is 5.32 Å². The number of nitrogens with zero attached hydrogens (tertiary/aromatic N) is 1. The first-order chi connectivity index (χ1) is 13.6. The van der Waals surface area contributed by atoms with Gasteiger partial charge in [-0.1, -0.05) is 6.07 Å². The highest BCUT2D eigenvalue weighted by atomic mass is 32.2. The summed E-state index contributed by atoms with van der Waals surface area (Å²) in [6.45, 7) is 1.07. The molecule has 0 spiro atoms. The topological polar surface area (TPSA) is 84.7 Å². The molecule has 0 radical (unpaired) electrons. The Labute approximate surface area is 167 Å². The molecule has 1 aliphatic heterocycles. The lowest BCUT2D eigenvalue weighted by molar-refractivity contribution is -0.139. The number of benzene rings is 2. The number of primary sulfonamides is 1. The molecule has 0 aromatic heterocycles. The monoisotopic (exact) mass is 429 g/mol. The van der Waals surface area contributed by atoms with Crippen LogP contribution in [0.4, 0.5) is 24.5 Å².